The monoisotopic (exact) mass is 951 g/mol. The van der Waals surface area contributed by atoms with Crippen molar-refractivity contribution in [2.45, 2.75) is 165 Å². The van der Waals surface area contributed by atoms with Crippen LogP contribution in [0.15, 0.2) is 113 Å². The van der Waals surface area contributed by atoms with Crippen molar-refractivity contribution in [3.05, 3.63) is 126 Å². The van der Waals surface area contributed by atoms with Crippen molar-refractivity contribution in [3.8, 4) is 0 Å². The van der Waals surface area contributed by atoms with Crippen molar-refractivity contribution < 1.29 is 46.9 Å². The predicted molar refractivity (Wildman–Crippen MR) is 258 cm³/mol. The SMILES string of the molecule is CCCCCC(O)c1ccc(CN(CCCCCCC(=O)O)S(=O)(=O)c2ccccc2)cc1.CCCCCC(O)c1ccc(CN(CCCCCCC(=O)O)S(=O)(=O)c2ccccn2)cc1. The zero-order valence-corrected chi connectivity index (χ0v) is 40.6. The Kier molecular flexibility index (Phi) is 26.0. The molecule has 4 aromatic rings. The topological polar surface area (TPSA) is 203 Å². The molecule has 0 aliphatic rings. The number of aliphatic hydroxyl groups excluding tert-OH is 2. The second kappa shape index (κ2) is 30.7. The minimum Gasteiger partial charge on any atom is -0.481 e. The highest BCUT2D eigenvalue weighted by Gasteiger charge is 2.26. The molecule has 0 aliphatic carbocycles. The summed E-state index contributed by atoms with van der Waals surface area (Å²) in [5.74, 6) is -1.62. The van der Waals surface area contributed by atoms with Gasteiger partial charge in [-0.1, -0.05) is 151 Å². The Hall–Kier alpha value is -4.51. The molecule has 4 N–H and O–H groups in total. The van der Waals surface area contributed by atoms with E-state index in [-0.39, 0.29) is 35.9 Å². The van der Waals surface area contributed by atoms with Gasteiger partial charge in [-0.2, -0.15) is 8.61 Å². The van der Waals surface area contributed by atoms with E-state index >= 15 is 0 Å². The number of aliphatic carboxylic acids is 2. The molecular weight excluding hydrogens is 879 g/mol. The van der Waals surface area contributed by atoms with Crippen molar-refractivity contribution in [3.63, 3.8) is 0 Å². The first kappa shape index (κ1) is 55.8. The second-order valence-corrected chi connectivity index (χ2v) is 20.6. The standard InChI is InChI=1S/C26H37NO5S.C25H36N2O5S/c1-2-3-7-14-25(28)23-18-16-22(17-19-23)21-27(20-11-5-4-10-15-26(29)30)33(31,32)24-12-8-6-9-13-24;1-2-3-6-11-23(28)22-16-14-21(15-17-22)20-27(19-10-5-4-7-13-25(29)30)33(31,32)24-12-8-9-18-26-24/h6,8-9,12-13,16-19,25,28H,2-5,7,10-11,14-15,20-21H2,1H3,(H,29,30);8-9,12,14-18,23,28H,2-7,10-11,13,19-20H2,1H3,(H,29,30). The third kappa shape index (κ3) is 20.6. The number of unbranched alkanes of at least 4 members (excludes halogenated alkanes) is 10. The summed E-state index contributed by atoms with van der Waals surface area (Å²) in [5, 5.41) is 38.3. The lowest BCUT2D eigenvalue weighted by Gasteiger charge is -2.23. The lowest BCUT2D eigenvalue weighted by atomic mass is 10.0. The molecule has 1 heterocycles. The molecular formula is C51H73N3O10S2. The van der Waals surface area contributed by atoms with E-state index in [1.165, 1.54) is 20.9 Å². The molecule has 3 aromatic carbocycles. The van der Waals surface area contributed by atoms with E-state index in [2.05, 4.69) is 18.8 Å². The van der Waals surface area contributed by atoms with Crippen LogP contribution in [-0.4, -0.2) is 75.9 Å². The van der Waals surface area contributed by atoms with Crippen LogP contribution in [0.2, 0.25) is 0 Å². The van der Waals surface area contributed by atoms with E-state index < -0.39 is 44.2 Å². The van der Waals surface area contributed by atoms with Crippen LogP contribution in [0, 0.1) is 0 Å². The van der Waals surface area contributed by atoms with Crippen LogP contribution in [0.5, 0.6) is 0 Å². The third-order valence-corrected chi connectivity index (χ3v) is 14.9. The van der Waals surface area contributed by atoms with Crippen LogP contribution in [0.1, 0.15) is 164 Å². The summed E-state index contributed by atoms with van der Waals surface area (Å²) in [5.41, 5.74) is 3.40. The number of aliphatic hydroxyl groups is 2. The first-order valence-corrected chi connectivity index (χ1v) is 26.5. The number of nitrogens with zero attached hydrogens (tertiary/aromatic N) is 3. The van der Waals surface area contributed by atoms with Gasteiger partial charge in [0.05, 0.1) is 17.1 Å². The van der Waals surface area contributed by atoms with E-state index in [1.54, 1.807) is 42.5 Å². The maximum absolute atomic E-state index is 13.3. The van der Waals surface area contributed by atoms with Crippen LogP contribution in [0.4, 0.5) is 0 Å². The summed E-state index contributed by atoms with van der Waals surface area (Å²) in [6.07, 6.45) is 14.0. The Morgan fingerprint density at radius 3 is 1.35 bits per heavy atom. The minimum atomic E-state index is -3.77. The van der Waals surface area contributed by atoms with E-state index in [9.17, 15) is 36.6 Å². The second-order valence-electron chi connectivity index (χ2n) is 16.8. The molecule has 2 atom stereocenters. The molecule has 0 aliphatic heterocycles. The van der Waals surface area contributed by atoms with Gasteiger partial charge >= 0.3 is 11.9 Å². The van der Waals surface area contributed by atoms with Crippen molar-refractivity contribution in [2.24, 2.45) is 0 Å². The molecule has 0 saturated carbocycles. The Morgan fingerprint density at radius 1 is 0.515 bits per heavy atom. The largest absolute Gasteiger partial charge is 0.481 e. The van der Waals surface area contributed by atoms with Gasteiger partial charge < -0.3 is 20.4 Å². The highest BCUT2D eigenvalue weighted by Crippen LogP contribution is 2.25. The zero-order valence-electron chi connectivity index (χ0n) is 38.9. The lowest BCUT2D eigenvalue weighted by Crippen LogP contribution is -2.32. The van der Waals surface area contributed by atoms with Gasteiger partial charge in [0.1, 0.15) is 0 Å². The highest BCUT2D eigenvalue weighted by molar-refractivity contribution is 7.89. The van der Waals surface area contributed by atoms with Crippen molar-refractivity contribution >= 4 is 32.0 Å². The highest BCUT2D eigenvalue weighted by atomic mass is 32.2. The van der Waals surface area contributed by atoms with Crippen molar-refractivity contribution in [1.82, 2.24) is 13.6 Å². The van der Waals surface area contributed by atoms with Crippen LogP contribution in [-0.2, 0) is 42.7 Å². The Morgan fingerprint density at radius 2 is 0.939 bits per heavy atom. The van der Waals surface area contributed by atoms with E-state index in [1.807, 2.05) is 48.5 Å². The molecule has 4 rings (SSSR count). The quantitative estimate of drug-likeness (QED) is 0.0339. The van der Waals surface area contributed by atoms with E-state index in [0.717, 1.165) is 99.3 Å². The van der Waals surface area contributed by atoms with Gasteiger partial charge in [0.15, 0.2) is 5.03 Å². The van der Waals surface area contributed by atoms with Crippen LogP contribution >= 0.6 is 0 Å². The van der Waals surface area contributed by atoms with Gasteiger partial charge in [0, 0.05) is 45.2 Å². The third-order valence-electron chi connectivity index (χ3n) is 11.3. The minimum absolute atomic E-state index is 0.0128. The first-order chi connectivity index (χ1) is 31.7. The molecule has 0 saturated heterocycles. The molecule has 0 spiro atoms. The number of rotatable bonds is 32. The van der Waals surface area contributed by atoms with Gasteiger partial charge in [0.2, 0.25) is 10.0 Å². The summed E-state index contributed by atoms with van der Waals surface area (Å²) >= 11 is 0. The molecule has 0 radical (unpaired) electrons. The first-order valence-electron chi connectivity index (χ1n) is 23.6. The van der Waals surface area contributed by atoms with E-state index in [0.29, 0.717) is 38.8 Å². The molecule has 66 heavy (non-hydrogen) atoms. The van der Waals surface area contributed by atoms with Gasteiger partial charge in [-0.3, -0.25) is 9.59 Å². The van der Waals surface area contributed by atoms with Gasteiger partial charge in [-0.15, -0.1) is 0 Å². The predicted octanol–water partition coefficient (Wildman–Crippen LogP) is 10.4. The van der Waals surface area contributed by atoms with Crippen LogP contribution in [0.3, 0.4) is 0 Å². The number of carboxylic acids is 2. The van der Waals surface area contributed by atoms with Gasteiger partial charge in [-0.25, -0.2) is 21.8 Å². The molecule has 2 unspecified atom stereocenters. The zero-order chi connectivity index (χ0) is 48.2. The molecule has 15 heteroatoms. The molecule has 13 nitrogen and oxygen atoms in total. The fourth-order valence-electron chi connectivity index (χ4n) is 7.38. The smallest absolute Gasteiger partial charge is 0.303 e. The number of sulfonamides is 2. The van der Waals surface area contributed by atoms with Crippen LogP contribution < -0.4 is 0 Å². The molecule has 364 valence electrons. The average molecular weight is 952 g/mol. The lowest BCUT2D eigenvalue weighted by molar-refractivity contribution is -0.138. The average Bonchev–Trinajstić information content (AvgIpc) is 3.31. The summed E-state index contributed by atoms with van der Waals surface area (Å²) in [4.78, 5) is 25.6. The summed E-state index contributed by atoms with van der Waals surface area (Å²) in [6, 6.07) is 28.2. The van der Waals surface area contributed by atoms with Gasteiger partial charge in [0.25, 0.3) is 10.0 Å². The maximum atomic E-state index is 13.3. The number of carboxylic acid groups (broad SMARTS) is 2. The Labute approximate surface area is 394 Å². The summed E-state index contributed by atoms with van der Waals surface area (Å²) < 4.78 is 55.9. The van der Waals surface area contributed by atoms with Crippen molar-refractivity contribution in [1.29, 1.82) is 0 Å². The summed E-state index contributed by atoms with van der Waals surface area (Å²) in [6.45, 7) is 5.41. The Bertz CT molecular complexity index is 2020. The normalized spacial score (nSPS) is 12.7. The molecule has 0 bridgehead atoms. The number of aromatic nitrogens is 1. The van der Waals surface area contributed by atoms with Gasteiger partial charge in [-0.05, 0) is 85.0 Å². The number of hydrogen-bond donors (Lipinski definition) is 4. The number of hydrogen-bond acceptors (Lipinski definition) is 9. The molecule has 0 amide bonds. The van der Waals surface area contributed by atoms with Crippen molar-refractivity contribution in [2.75, 3.05) is 13.1 Å². The maximum Gasteiger partial charge on any atom is 0.303 e. The number of pyridine rings is 1. The molecule has 1 aromatic heterocycles. The number of benzene rings is 3. The van der Waals surface area contributed by atoms with Crippen LogP contribution in [0.25, 0.3) is 0 Å². The van der Waals surface area contributed by atoms with E-state index in [4.69, 9.17) is 10.2 Å². The fourth-order valence-corrected chi connectivity index (χ4v) is 10.3. The molecule has 0 fully saturated rings. The summed E-state index contributed by atoms with van der Waals surface area (Å²) in [7, 11) is -7.43. The Balaban J connectivity index is 0.000000350. The number of carbonyl (C=O) groups is 2. The fraction of sp³-hybridized carbons (Fsp3) is 0.510.